The molecule has 1 aliphatic heterocycles. The van der Waals surface area contributed by atoms with Gasteiger partial charge in [0.1, 0.15) is 11.5 Å². The molecule has 182 valence electrons. The van der Waals surface area contributed by atoms with E-state index in [1.807, 2.05) is 0 Å². The average Bonchev–Trinajstić information content (AvgIpc) is 2.88. The Balaban J connectivity index is 1.50. The first kappa shape index (κ1) is 23.8. The standard InChI is InChI=1S/C25H27N5O5/c1-17(31)29-11-13-30(14-12-29)24(32)18-7-9-19(10-8-18)27-23-22(16-26-28(2)25(23)33)35-21-6-4-5-20(15-21)34-3/h4-10,15-16,27H,11-14H2,1-3H3. The molecule has 1 fully saturated rings. The lowest BCUT2D eigenvalue weighted by molar-refractivity contribution is -0.130. The van der Waals surface area contributed by atoms with Crippen molar-refractivity contribution in [3.05, 3.63) is 70.6 Å². The zero-order chi connectivity index (χ0) is 24.9. The van der Waals surface area contributed by atoms with Crippen LogP contribution in [0.2, 0.25) is 0 Å². The Morgan fingerprint density at radius 3 is 2.29 bits per heavy atom. The predicted molar refractivity (Wildman–Crippen MR) is 130 cm³/mol. The number of carbonyl (C=O) groups excluding carboxylic acids is 2. The van der Waals surface area contributed by atoms with Crippen LogP contribution < -0.4 is 20.3 Å². The predicted octanol–water partition coefficient (Wildman–Crippen LogP) is 2.63. The lowest BCUT2D eigenvalue weighted by Gasteiger charge is -2.34. The highest BCUT2D eigenvalue weighted by Crippen LogP contribution is 2.30. The first-order valence-corrected chi connectivity index (χ1v) is 11.2. The molecule has 1 N–H and O–H groups in total. The van der Waals surface area contributed by atoms with Crippen molar-refractivity contribution in [3.8, 4) is 17.2 Å². The molecule has 0 radical (unpaired) electrons. The van der Waals surface area contributed by atoms with Crippen LogP contribution in [0.15, 0.2) is 59.5 Å². The number of hydrogen-bond donors (Lipinski definition) is 1. The summed E-state index contributed by atoms with van der Waals surface area (Å²) in [5, 5.41) is 7.15. The van der Waals surface area contributed by atoms with E-state index in [4.69, 9.17) is 9.47 Å². The first-order chi connectivity index (χ1) is 16.9. The molecule has 0 saturated carbocycles. The van der Waals surface area contributed by atoms with E-state index < -0.39 is 0 Å². The topological polar surface area (TPSA) is 106 Å². The summed E-state index contributed by atoms with van der Waals surface area (Å²) in [5.74, 6) is 1.29. The van der Waals surface area contributed by atoms with Crippen molar-refractivity contribution in [1.29, 1.82) is 0 Å². The first-order valence-electron chi connectivity index (χ1n) is 11.2. The maximum absolute atomic E-state index is 12.9. The van der Waals surface area contributed by atoms with Gasteiger partial charge in [-0.2, -0.15) is 5.10 Å². The van der Waals surface area contributed by atoms with Crippen LogP contribution in [-0.4, -0.2) is 64.7 Å². The summed E-state index contributed by atoms with van der Waals surface area (Å²) in [6, 6.07) is 13.9. The molecule has 3 aromatic rings. The highest BCUT2D eigenvalue weighted by Gasteiger charge is 2.23. The fraction of sp³-hybridized carbons (Fsp3) is 0.280. The van der Waals surface area contributed by atoms with Gasteiger partial charge in [-0.3, -0.25) is 14.4 Å². The molecule has 1 saturated heterocycles. The summed E-state index contributed by atoms with van der Waals surface area (Å²) in [6.45, 7) is 3.59. The van der Waals surface area contributed by atoms with Gasteiger partial charge in [-0.15, -0.1) is 0 Å². The molecule has 35 heavy (non-hydrogen) atoms. The summed E-state index contributed by atoms with van der Waals surface area (Å²) >= 11 is 0. The van der Waals surface area contributed by atoms with Crippen LogP contribution in [0.4, 0.5) is 11.4 Å². The Morgan fingerprint density at radius 2 is 1.63 bits per heavy atom. The molecule has 1 aliphatic rings. The summed E-state index contributed by atoms with van der Waals surface area (Å²) in [7, 11) is 3.11. The van der Waals surface area contributed by atoms with Crippen LogP contribution in [0.25, 0.3) is 0 Å². The number of amides is 2. The summed E-state index contributed by atoms with van der Waals surface area (Å²) in [4.78, 5) is 40.6. The number of benzene rings is 2. The number of nitrogens with one attached hydrogen (secondary N) is 1. The Morgan fingerprint density at radius 1 is 0.971 bits per heavy atom. The van der Waals surface area contributed by atoms with Crippen LogP contribution in [0, 0.1) is 0 Å². The van der Waals surface area contributed by atoms with Gasteiger partial charge < -0.3 is 24.6 Å². The number of aryl methyl sites for hydroxylation is 1. The number of methoxy groups -OCH3 is 1. The second-order valence-electron chi connectivity index (χ2n) is 8.09. The molecule has 0 atom stereocenters. The molecular weight excluding hydrogens is 450 g/mol. The number of aromatic nitrogens is 2. The minimum Gasteiger partial charge on any atom is -0.497 e. The highest BCUT2D eigenvalue weighted by atomic mass is 16.5. The molecular formula is C25H27N5O5. The maximum atomic E-state index is 12.9. The van der Waals surface area contributed by atoms with Crippen molar-refractivity contribution in [2.75, 3.05) is 38.6 Å². The van der Waals surface area contributed by atoms with E-state index in [1.54, 1.807) is 72.5 Å². The monoisotopic (exact) mass is 477 g/mol. The largest absolute Gasteiger partial charge is 0.497 e. The number of ether oxygens (including phenoxy) is 2. The fourth-order valence-electron chi connectivity index (χ4n) is 3.75. The number of hydrogen-bond acceptors (Lipinski definition) is 7. The van der Waals surface area contributed by atoms with Gasteiger partial charge in [0, 0.05) is 57.5 Å². The van der Waals surface area contributed by atoms with Gasteiger partial charge >= 0.3 is 0 Å². The van der Waals surface area contributed by atoms with Crippen LogP contribution in [0.3, 0.4) is 0 Å². The summed E-state index contributed by atoms with van der Waals surface area (Å²) in [6.07, 6.45) is 1.46. The number of anilines is 2. The summed E-state index contributed by atoms with van der Waals surface area (Å²) < 4.78 is 12.4. The minimum atomic E-state index is -0.367. The Hall–Kier alpha value is -4.34. The lowest BCUT2D eigenvalue weighted by atomic mass is 10.1. The molecule has 2 amide bonds. The number of carbonyl (C=O) groups is 2. The van der Waals surface area contributed by atoms with Gasteiger partial charge in [-0.25, -0.2) is 4.68 Å². The second kappa shape index (κ2) is 10.3. The molecule has 10 nitrogen and oxygen atoms in total. The lowest BCUT2D eigenvalue weighted by Crippen LogP contribution is -2.50. The molecule has 0 unspecified atom stereocenters. The van der Waals surface area contributed by atoms with E-state index in [1.165, 1.54) is 17.8 Å². The third-order valence-corrected chi connectivity index (χ3v) is 5.78. The van der Waals surface area contributed by atoms with E-state index in [0.29, 0.717) is 48.9 Å². The molecule has 10 heteroatoms. The Kier molecular flexibility index (Phi) is 7.00. The van der Waals surface area contributed by atoms with Crippen LogP contribution in [0.1, 0.15) is 17.3 Å². The van der Waals surface area contributed by atoms with Gasteiger partial charge in [0.15, 0.2) is 11.4 Å². The highest BCUT2D eigenvalue weighted by molar-refractivity contribution is 5.94. The average molecular weight is 478 g/mol. The van der Waals surface area contributed by atoms with Gasteiger partial charge in [0.25, 0.3) is 11.5 Å². The van der Waals surface area contributed by atoms with Crippen molar-refractivity contribution in [1.82, 2.24) is 19.6 Å². The molecule has 0 bridgehead atoms. The van der Waals surface area contributed by atoms with E-state index in [2.05, 4.69) is 10.4 Å². The number of piperazine rings is 1. The second-order valence-corrected chi connectivity index (χ2v) is 8.09. The molecule has 2 heterocycles. The summed E-state index contributed by atoms with van der Waals surface area (Å²) in [5.41, 5.74) is 0.989. The SMILES string of the molecule is COc1cccc(Oc2cnn(C)c(=O)c2Nc2ccc(C(=O)N3CCN(C(C)=O)CC3)cc2)c1. The van der Waals surface area contributed by atoms with E-state index in [-0.39, 0.29) is 28.8 Å². The molecule has 4 rings (SSSR count). The van der Waals surface area contributed by atoms with Crippen LogP contribution in [0.5, 0.6) is 17.2 Å². The van der Waals surface area contributed by atoms with Gasteiger partial charge in [0.05, 0.1) is 13.3 Å². The maximum Gasteiger partial charge on any atom is 0.294 e. The number of nitrogens with zero attached hydrogens (tertiary/aromatic N) is 4. The molecule has 1 aromatic heterocycles. The van der Waals surface area contributed by atoms with Gasteiger partial charge in [0.2, 0.25) is 5.91 Å². The zero-order valence-electron chi connectivity index (χ0n) is 19.9. The molecule has 0 aliphatic carbocycles. The van der Waals surface area contributed by atoms with E-state index in [9.17, 15) is 14.4 Å². The molecule has 0 spiro atoms. The fourth-order valence-corrected chi connectivity index (χ4v) is 3.75. The minimum absolute atomic E-state index is 0.0181. The van der Waals surface area contributed by atoms with Crippen molar-refractivity contribution in [2.45, 2.75) is 6.92 Å². The van der Waals surface area contributed by atoms with E-state index in [0.717, 1.165) is 0 Å². The van der Waals surface area contributed by atoms with Crippen molar-refractivity contribution >= 4 is 23.2 Å². The number of rotatable bonds is 6. The van der Waals surface area contributed by atoms with Gasteiger partial charge in [-0.05, 0) is 36.4 Å². The Bertz CT molecular complexity index is 1280. The van der Waals surface area contributed by atoms with E-state index >= 15 is 0 Å². The third kappa shape index (κ3) is 5.43. The quantitative estimate of drug-likeness (QED) is 0.582. The zero-order valence-corrected chi connectivity index (χ0v) is 19.9. The van der Waals surface area contributed by atoms with Crippen molar-refractivity contribution < 1.29 is 19.1 Å². The van der Waals surface area contributed by atoms with Crippen LogP contribution >= 0.6 is 0 Å². The van der Waals surface area contributed by atoms with Crippen molar-refractivity contribution in [3.63, 3.8) is 0 Å². The smallest absolute Gasteiger partial charge is 0.294 e. The third-order valence-electron chi connectivity index (χ3n) is 5.78. The Labute approximate surface area is 202 Å². The normalized spacial score (nSPS) is 13.3. The van der Waals surface area contributed by atoms with Gasteiger partial charge in [-0.1, -0.05) is 6.07 Å². The molecule has 2 aromatic carbocycles. The van der Waals surface area contributed by atoms with Crippen molar-refractivity contribution in [2.24, 2.45) is 7.05 Å². The van der Waals surface area contributed by atoms with Crippen LogP contribution in [-0.2, 0) is 11.8 Å².